The lowest BCUT2D eigenvalue weighted by atomic mass is 9.98. The highest BCUT2D eigenvalue weighted by Crippen LogP contribution is 2.36. The Hall–Kier alpha value is -2.14. The molecule has 0 bridgehead atoms. The van der Waals surface area contributed by atoms with E-state index in [0.717, 1.165) is 48.5 Å². The van der Waals surface area contributed by atoms with Gasteiger partial charge in [-0.05, 0) is 62.8 Å². The quantitative estimate of drug-likeness (QED) is 0.920. The number of nitrogens with zero attached hydrogens (tertiary/aromatic N) is 2. The molecular formula is C21H27N3O2. The number of aromatic amines is 1. The Balaban J connectivity index is 1.70. The second kappa shape index (κ2) is 6.54. The summed E-state index contributed by atoms with van der Waals surface area (Å²) in [6.07, 6.45) is 4.06. The van der Waals surface area contributed by atoms with Gasteiger partial charge in [-0.25, -0.2) is 4.98 Å². The van der Waals surface area contributed by atoms with E-state index in [2.05, 4.69) is 23.0 Å². The number of rotatable bonds is 3. The van der Waals surface area contributed by atoms with Crippen molar-refractivity contribution < 1.29 is 9.53 Å². The van der Waals surface area contributed by atoms with Crippen molar-refractivity contribution in [2.24, 2.45) is 0 Å². The summed E-state index contributed by atoms with van der Waals surface area (Å²) in [4.78, 5) is 23.5. The molecule has 1 aliphatic carbocycles. The predicted octanol–water partition coefficient (Wildman–Crippen LogP) is 3.43. The van der Waals surface area contributed by atoms with Crippen LogP contribution >= 0.6 is 0 Å². The molecule has 5 heteroatoms. The number of aromatic nitrogens is 2. The van der Waals surface area contributed by atoms with Crippen molar-refractivity contribution in [2.75, 3.05) is 13.7 Å². The molecule has 5 nitrogen and oxygen atoms in total. The number of fused-ring (bicyclic) bond motifs is 1. The van der Waals surface area contributed by atoms with E-state index in [1.54, 1.807) is 7.11 Å². The lowest BCUT2D eigenvalue weighted by Crippen LogP contribution is -2.33. The Bertz CT molecular complexity index is 836. The van der Waals surface area contributed by atoms with Gasteiger partial charge in [-0.3, -0.25) is 4.79 Å². The van der Waals surface area contributed by atoms with Crippen LogP contribution in [0.15, 0.2) is 12.1 Å². The van der Waals surface area contributed by atoms with Gasteiger partial charge in [0.05, 0.1) is 17.8 Å². The predicted molar refractivity (Wildman–Crippen MR) is 100 cm³/mol. The number of methoxy groups -OCH3 is 1. The van der Waals surface area contributed by atoms with E-state index in [4.69, 9.17) is 4.74 Å². The molecule has 0 radical (unpaired) electrons. The molecule has 0 saturated carbocycles. The van der Waals surface area contributed by atoms with Crippen molar-refractivity contribution in [2.45, 2.75) is 58.6 Å². The summed E-state index contributed by atoms with van der Waals surface area (Å²) in [5.74, 6) is 0.982. The topological polar surface area (TPSA) is 58.2 Å². The number of imidazole rings is 1. The Morgan fingerprint density at radius 2 is 2.00 bits per heavy atom. The first kappa shape index (κ1) is 17.3. The van der Waals surface area contributed by atoms with Crippen molar-refractivity contribution in [3.8, 4) is 0 Å². The van der Waals surface area contributed by atoms with Gasteiger partial charge < -0.3 is 14.6 Å². The number of H-pyrrole nitrogens is 1. The number of hydrogen-bond donors (Lipinski definition) is 1. The third-order valence-corrected chi connectivity index (χ3v) is 6.07. The zero-order valence-electron chi connectivity index (χ0n) is 16.1. The van der Waals surface area contributed by atoms with Gasteiger partial charge in [-0.1, -0.05) is 6.07 Å². The molecule has 1 N–H and O–H groups in total. The number of nitrogens with one attached hydrogen (secondary N) is 1. The van der Waals surface area contributed by atoms with E-state index in [-0.39, 0.29) is 18.1 Å². The molecule has 1 saturated heterocycles. The first-order valence-corrected chi connectivity index (χ1v) is 9.47. The molecule has 1 aromatic heterocycles. The highest BCUT2D eigenvalue weighted by atomic mass is 16.5. The summed E-state index contributed by atoms with van der Waals surface area (Å²) >= 11 is 0. The monoisotopic (exact) mass is 353 g/mol. The zero-order valence-corrected chi connectivity index (χ0v) is 16.1. The minimum absolute atomic E-state index is 0.0492. The fourth-order valence-electron chi connectivity index (χ4n) is 4.43. The average Bonchev–Trinajstić information content (AvgIpc) is 3.34. The fraction of sp³-hybridized carbons (Fsp3) is 0.524. The molecule has 1 aromatic carbocycles. The van der Waals surface area contributed by atoms with Crippen molar-refractivity contribution >= 4 is 5.91 Å². The van der Waals surface area contributed by atoms with Gasteiger partial charge in [0.1, 0.15) is 5.82 Å². The van der Waals surface area contributed by atoms with E-state index in [0.29, 0.717) is 6.54 Å². The number of benzene rings is 1. The standard InChI is InChI=1S/C21H27N3O2/c1-12-8-9-18(17-7-5-6-16(12)17)21(25)24-11-15(26-4)10-19(24)20-22-13(2)14(3)23-20/h8-9,15,19H,5-7,10-11H2,1-4H3,(H,22,23)/t15-,19+/m1/s1. The van der Waals surface area contributed by atoms with Crippen LogP contribution in [-0.4, -0.2) is 40.5 Å². The van der Waals surface area contributed by atoms with E-state index in [1.807, 2.05) is 24.8 Å². The van der Waals surface area contributed by atoms with Crippen molar-refractivity contribution in [1.82, 2.24) is 14.9 Å². The van der Waals surface area contributed by atoms with Crippen LogP contribution in [0.2, 0.25) is 0 Å². The van der Waals surface area contributed by atoms with Gasteiger partial charge in [-0.2, -0.15) is 0 Å². The molecule has 1 fully saturated rings. The first-order chi connectivity index (χ1) is 12.5. The molecule has 1 amide bonds. The maximum absolute atomic E-state index is 13.5. The molecule has 2 atom stereocenters. The second-order valence-electron chi connectivity index (χ2n) is 7.64. The molecule has 0 spiro atoms. The lowest BCUT2D eigenvalue weighted by Gasteiger charge is -2.24. The lowest BCUT2D eigenvalue weighted by molar-refractivity contribution is 0.0683. The Morgan fingerprint density at radius 1 is 1.23 bits per heavy atom. The van der Waals surface area contributed by atoms with Crippen LogP contribution in [0.5, 0.6) is 0 Å². The smallest absolute Gasteiger partial charge is 0.254 e. The van der Waals surface area contributed by atoms with Crippen LogP contribution in [0.25, 0.3) is 0 Å². The van der Waals surface area contributed by atoms with Crippen molar-refractivity contribution in [1.29, 1.82) is 0 Å². The largest absolute Gasteiger partial charge is 0.380 e. The number of carbonyl (C=O) groups is 1. The maximum Gasteiger partial charge on any atom is 0.254 e. The molecule has 4 rings (SSSR count). The molecule has 2 aliphatic rings. The minimum atomic E-state index is -0.0572. The summed E-state index contributed by atoms with van der Waals surface area (Å²) in [6, 6.07) is 4.05. The summed E-state index contributed by atoms with van der Waals surface area (Å²) < 4.78 is 5.59. The van der Waals surface area contributed by atoms with Crippen LogP contribution in [0.3, 0.4) is 0 Å². The summed E-state index contributed by atoms with van der Waals surface area (Å²) in [7, 11) is 1.72. The van der Waals surface area contributed by atoms with Gasteiger partial charge in [-0.15, -0.1) is 0 Å². The van der Waals surface area contributed by atoms with Crippen LogP contribution in [0.4, 0.5) is 0 Å². The summed E-state index contributed by atoms with van der Waals surface area (Å²) in [5, 5.41) is 0. The average molecular weight is 353 g/mol. The van der Waals surface area contributed by atoms with Gasteiger partial charge in [0.2, 0.25) is 0 Å². The second-order valence-corrected chi connectivity index (χ2v) is 7.64. The van der Waals surface area contributed by atoms with E-state index >= 15 is 0 Å². The van der Waals surface area contributed by atoms with E-state index < -0.39 is 0 Å². The third-order valence-electron chi connectivity index (χ3n) is 6.07. The Labute approximate surface area is 154 Å². The molecule has 1 aliphatic heterocycles. The highest BCUT2D eigenvalue weighted by molar-refractivity contribution is 5.97. The number of amides is 1. The molecule has 0 unspecified atom stereocenters. The molecule has 138 valence electrons. The minimum Gasteiger partial charge on any atom is -0.380 e. The molecular weight excluding hydrogens is 326 g/mol. The number of hydrogen-bond acceptors (Lipinski definition) is 3. The summed E-state index contributed by atoms with van der Waals surface area (Å²) in [5.41, 5.74) is 6.85. The van der Waals surface area contributed by atoms with Crippen LogP contribution < -0.4 is 0 Å². The van der Waals surface area contributed by atoms with Gasteiger partial charge >= 0.3 is 0 Å². The molecule has 2 aromatic rings. The van der Waals surface area contributed by atoms with Gasteiger partial charge in [0.15, 0.2) is 0 Å². The van der Waals surface area contributed by atoms with Crippen molar-refractivity contribution in [3.63, 3.8) is 0 Å². The van der Waals surface area contributed by atoms with E-state index in [1.165, 1.54) is 16.7 Å². The number of likely N-dealkylation sites (tertiary alicyclic amines) is 1. The molecule has 26 heavy (non-hydrogen) atoms. The number of aryl methyl sites for hydroxylation is 3. The van der Waals surface area contributed by atoms with Crippen LogP contribution in [-0.2, 0) is 17.6 Å². The first-order valence-electron chi connectivity index (χ1n) is 9.47. The van der Waals surface area contributed by atoms with Crippen LogP contribution in [0, 0.1) is 20.8 Å². The normalized spacial score (nSPS) is 22.1. The third kappa shape index (κ3) is 2.75. The van der Waals surface area contributed by atoms with Crippen molar-refractivity contribution in [3.05, 3.63) is 51.6 Å². The van der Waals surface area contributed by atoms with Gasteiger partial charge in [0, 0.05) is 31.3 Å². The highest BCUT2D eigenvalue weighted by Gasteiger charge is 2.39. The molecule has 2 heterocycles. The number of ether oxygens (including phenoxy) is 1. The zero-order chi connectivity index (χ0) is 18.4. The Kier molecular flexibility index (Phi) is 4.35. The fourth-order valence-corrected chi connectivity index (χ4v) is 4.43. The summed E-state index contributed by atoms with van der Waals surface area (Å²) in [6.45, 7) is 6.78. The van der Waals surface area contributed by atoms with Crippen LogP contribution in [0.1, 0.15) is 63.1 Å². The Morgan fingerprint density at radius 3 is 2.69 bits per heavy atom. The van der Waals surface area contributed by atoms with E-state index in [9.17, 15) is 4.79 Å². The SMILES string of the molecule is CO[C@@H]1C[C@@H](c2nc(C)c(C)[nH]2)N(C(=O)c2ccc(C)c3c2CCC3)C1. The van der Waals surface area contributed by atoms with Gasteiger partial charge in [0.25, 0.3) is 5.91 Å². The number of carbonyl (C=O) groups excluding carboxylic acids is 1. The maximum atomic E-state index is 13.5.